The molecular weight excluding hydrogens is 320 g/mol. The Morgan fingerprint density at radius 3 is 2.39 bits per heavy atom. The van der Waals surface area contributed by atoms with Crippen LogP contribution in [0.2, 0.25) is 0 Å². The van der Waals surface area contributed by atoms with Gasteiger partial charge in [-0.2, -0.15) is 0 Å². The van der Waals surface area contributed by atoms with Gasteiger partial charge in [-0.1, -0.05) is 18.2 Å². The number of carbonyl (C=O) groups is 1. The van der Waals surface area contributed by atoms with Crippen molar-refractivity contribution in [3.8, 4) is 11.5 Å². The molecule has 2 aromatic carbocycles. The first-order chi connectivity index (χ1) is 10.9. The Morgan fingerprint density at radius 2 is 1.78 bits per heavy atom. The number of ether oxygens (including phenoxy) is 1. The average Bonchev–Trinajstić information content (AvgIpc) is 2.52. The van der Waals surface area contributed by atoms with Crippen LogP contribution in [0.4, 0.5) is 0 Å². The second-order valence-electron chi connectivity index (χ2n) is 4.82. The van der Waals surface area contributed by atoms with Crippen LogP contribution in [0.25, 0.3) is 0 Å². The van der Waals surface area contributed by atoms with Gasteiger partial charge in [-0.05, 0) is 30.7 Å². The van der Waals surface area contributed by atoms with Crippen LogP contribution in [0.15, 0.2) is 53.4 Å². The highest BCUT2D eigenvalue weighted by Gasteiger charge is 2.14. The van der Waals surface area contributed by atoms with Crippen molar-refractivity contribution in [3.05, 3.63) is 54.1 Å². The van der Waals surface area contributed by atoms with E-state index < -0.39 is 21.6 Å². The Labute approximate surface area is 133 Å². The lowest BCUT2D eigenvalue weighted by Gasteiger charge is -2.08. The number of aromatic carboxylic acids is 1. The number of carboxylic acids is 1. The van der Waals surface area contributed by atoms with Crippen molar-refractivity contribution in [3.63, 3.8) is 0 Å². The number of hydrogen-bond acceptors (Lipinski definition) is 5. The first-order valence-electron chi connectivity index (χ1n) is 6.87. The molecular formula is C16H16O6S. The Bertz CT molecular complexity index is 783. The highest BCUT2D eigenvalue weighted by atomic mass is 32.2. The molecule has 0 bridgehead atoms. The first-order valence-corrected chi connectivity index (χ1v) is 8.52. The number of phenols is 1. The van der Waals surface area contributed by atoms with Crippen LogP contribution in [0.3, 0.4) is 0 Å². The fourth-order valence-corrected chi connectivity index (χ4v) is 3.27. The molecule has 0 aliphatic rings. The summed E-state index contributed by atoms with van der Waals surface area (Å²) in [5.74, 6) is -1.41. The molecule has 0 heterocycles. The molecule has 0 amide bonds. The van der Waals surface area contributed by atoms with Gasteiger partial charge in [0, 0.05) is 6.07 Å². The van der Waals surface area contributed by atoms with E-state index in [0.29, 0.717) is 0 Å². The van der Waals surface area contributed by atoms with Crippen molar-refractivity contribution in [2.24, 2.45) is 0 Å². The molecule has 0 atom stereocenters. The summed E-state index contributed by atoms with van der Waals surface area (Å²) < 4.78 is 29.4. The normalized spacial score (nSPS) is 11.1. The Morgan fingerprint density at radius 1 is 1.09 bits per heavy atom. The lowest BCUT2D eigenvalue weighted by atomic mass is 10.2. The van der Waals surface area contributed by atoms with Crippen molar-refractivity contribution >= 4 is 15.8 Å². The molecule has 0 aromatic heterocycles. The molecule has 122 valence electrons. The summed E-state index contributed by atoms with van der Waals surface area (Å²) in [6.45, 7) is 0.137. The predicted molar refractivity (Wildman–Crippen MR) is 83.7 cm³/mol. The zero-order valence-electron chi connectivity index (χ0n) is 12.2. The molecule has 0 fully saturated rings. The summed E-state index contributed by atoms with van der Waals surface area (Å²) >= 11 is 0. The standard InChI is InChI=1S/C16H16O6S/c17-15-11-12(7-8-14(15)16(18)19)22-9-4-10-23(20,21)13-5-2-1-3-6-13/h1-3,5-8,11,17H,4,9-10H2,(H,18,19). The Hall–Kier alpha value is -2.54. The van der Waals surface area contributed by atoms with Gasteiger partial charge in [-0.15, -0.1) is 0 Å². The number of aromatic hydroxyl groups is 1. The van der Waals surface area contributed by atoms with Crippen molar-refractivity contribution in [2.45, 2.75) is 11.3 Å². The van der Waals surface area contributed by atoms with Gasteiger partial charge in [-0.3, -0.25) is 0 Å². The van der Waals surface area contributed by atoms with Crippen LogP contribution in [0, 0.1) is 0 Å². The van der Waals surface area contributed by atoms with Crippen LogP contribution in [0.5, 0.6) is 11.5 Å². The number of carboxylic acid groups (broad SMARTS) is 1. The number of hydrogen-bond donors (Lipinski definition) is 2. The molecule has 0 aliphatic heterocycles. The van der Waals surface area contributed by atoms with Crippen molar-refractivity contribution < 1.29 is 28.2 Å². The van der Waals surface area contributed by atoms with Crippen molar-refractivity contribution in [2.75, 3.05) is 12.4 Å². The summed E-state index contributed by atoms with van der Waals surface area (Å²) in [5, 5.41) is 18.3. The van der Waals surface area contributed by atoms with E-state index in [-0.39, 0.29) is 35.0 Å². The molecule has 23 heavy (non-hydrogen) atoms. The van der Waals surface area contributed by atoms with Crippen LogP contribution in [0.1, 0.15) is 16.8 Å². The van der Waals surface area contributed by atoms with Gasteiger partial charge in [0.25, 0.3) is 0 Å². The highest BCUT2D eigenvalue weighted by molar-refractivity contribution is 7.91. The number of rotatable bonds is 7. The minimum Gasteiger partial charge on any atom is -0.507 e. The zero-order valence-corrected chi connectivity index (χ0v) is 13.0. The van der Waals surface area contributed by atoms with E-state index in [1.54, 1.807) is 30.3 Å². The van der Waals surface area contributed by atoms with Gasteiger partial charge in [-0.25, -0.2) is 13.2 Å². The highest BCUT2D eigenvalue weighted by Crippen LogP contribution is 2.23. The fraction of sp³-hybridized carbons (Fsp3) is 0.188. The van der Waals surface area contributed by atoms with Gasteiger partial charge >= 0.3 is 5.97 Å². The summed E-state index contributed by atoms with van der Waals surface area (Å²) in [4.78, 5) is 11.0. The molecule has 2 aromatic rings. The maximum absolute atomic E-state index is 12.1. The van der Waals surface area contributed by atoms with Crippen LogP contribution >= 0.6 is 0 Å². The number of sulfone groups is 1. The molecule has 0 saturated heterocycles. The van der Waals surface area contributed by atoms with Gasteiger partial charge in [0.15, 0.2) is 9.84 Å². The van der Waals surface area contributed by atoms with E-state index in [9.17, 15) is 18.3 Å². The van der Waals surface area contributed by atoms with E-state index in [2.05, 4.69) is 0 Å². The van der Waals surface area contributed by atoms with E-state index in [1.807, 2.05) is 0 Å². The molecule has 6 nitrogen and oxygen atoms in total. The van der Waals surface area contributed by atoms with Gasteiger partial charge in [0.05, 0.1) is 17.3 Å². The maximum Gasteiger partial charge on any atom is 0.339 e. The topological polar surface area (TPSA) is 101 Å². The largest absolute Gasteiger partial charge is 0.507 e. The van der Waals surface area contributed by atoms with Crippen LogP contribution < -0.4 is 4.74 Å². The minimum absolute atomic E-state index is 0.0593. The molecule has 0 unspecified atom stereocenters. The third-order valence-electron chi connectivity index (χ3n) is 3.13. The van der Waals surface area contributed by atoms with E-state index in [1.165, 1.54) is 18.2 Å². The van der Waals surface area contributed by atoms with Gasteiger partial charge in [0.1, 0.15) is 17.1 Å². The van der Waals surface area contributed by atoms with Crippen LogP contribution in [-0.4, -0.2) is 37.0 Å². The SMILES string of the molecule is O=C(O)c1ccc(OCCCS(=O)(=O)c2ccccc2)cc1O. The monoisotopic (exact) mass is 336 g/mol. The van der Waals surface area contributed by atoms with Crippen LogP contribution in [-0.2, 0) is 9.84 Å². The Balaban J connectivity index is 1.88. The fourth-order valence-electron chi connectivity index (χ4n) is 1.97. The van der Waals surface area contributed by atoms with Crippen molar-refractivity contribution in [1.29, 1.82) is 0 Å². The molecule has 0 saturated carbocycles. The van der Waals surface area contributed by atoms with E-state index in [4.69, 9.17) is 9.84 Å². The third kappa shape index (κ3) is 4.46. The lowest BCUT2D eigenvalue weighted by molar-refractivity contribution is 0.0693. The minimum atomic E-state index is -3.35. The maximum atomic E-state index is 12.1. The summed E-state index contributed by atoms with van der Waals surface area (Å²) in [5.41, 5.74) is -0.219. The second kappa shape index (κ2) is 7.15. The molecule has 2 rings (SSSR count). The third-order valence-corrected chi connectivity index (χ3v) is 4.94. The van der Waals surface area contributed by atoms with E-state index in [0.717, 1.165) is 0 Å². The zero-order chi connectivity index (χ0) is 16.9. The van der Waals surface area contributed by atoms with Crippen molar-refractivity contribution in [1.82, 2.24) is 0 Å². The first kappa shape index (κ1) is 16.8. The molecule has 0 spiro atoms. The van der Waals surface area contributed by atoms with Gasteiger partial charge in [0.2, 0.25) is 0 Å². The summed E-state index contributed by atoms with van der Waals surface area (Å²) in [7, 11) is -3.35. The Kier molecular flexibility index (Phi) is 5.23. The lowest BCUT2D eigenvalue weighted by Crippen LogP contribution is -2.10. The van der Waals surface area contributed by atoms with E-state index >= 15 is 0 Å². The molecule has 2 N–H and O–H groups in total. The van der Waals surface area contributed by atoms with Gasteiger partial charge < -0.3 is 14.9 Å². The molecule has 0 radical (unpaired) electrons. The summed E-state index contributed by atoms with van der Waals surface area (Å²) in [6, 6.07) is 12.0. The number of benzene rings is 2. The predicted octanol–water partition coefficient (Wildman–Crippen LogP) is 2.33. The molecule has 7 heteroatoms. The second-order valence-corrected chi connectivity index (χ2v) is 6.93. The quantitative estimate of drug-likeness (QED) is 0.753. The smallest absolute Gasteiger partial charge is 0.339 e. The average molecular weight is 336 g/mol. The molecule has 0 aliphatic carbocycles. The summed E-state index contributed by atoms with van der Waals surface area (Å²) in [6.07, 6.45) is 0.276.